The van der Waals surface area contributed by atoms with Crippen molar-refractivity contribution in [2.24, 2.45) is 17.5 Å². The second-order valence-corrected chi connectivity index (χ2v) is 10.1. The molecule has 0 saturated carbocycles. The summed E-state index contributed by atoms with van der Waals surface area (Å²) in [5.41, 5.74) is 19.1. The summed E-state index contributed by atoms with van der Waals surface area (Å²) >= 11 is 0. The van der Waals surface area contributed by atoms with E-state index >= 15 is 0 Å². The van der Waals surface area contributed by atoms with Gasteiger partial charge in [0, 0.05) is 81.0 Å². The lowest BCUT2D eigenvalue weighted by molar-refractivity contribution is 0.102. The summed E-state index contributed by atoms with van der Waals surface area (Å²) in [6, 6.07) is 9.73. The van der Waals surface area contributed by atoms with E-state index in [1.807, 2.05) is 18.2 Å². The van der Waals surface area contributed by atoms with Gasteiger partial charge in [-0.25, -0.2) is 4.98 Å². The normalized spacial score (nSPS) is 21.8. The van der Waals surface area contributed by atoms with Gasteiger partial charge in [-0.3, -0.25) is 15.6 Å². The number of benzene rings is 1. The van der Waals surface area contributed by atoms with Gasteiger partial charge in [-0.2, -0.15) is 0 Å². The zero-order valence-corrected chi connectivity index (χ0v) is 22.1. The van der Waals surface area contributed by atoms with Crippen LogP contribution in [-0.4, -0.2) is 67.2 Å². The minimum Gasteiger partial charge on any atom is -0.397 e. The number of pyridine rings is 2. The number of fused-ring (bicyclic) bond motifs is 1. The molecule has 2 aromatic heterocycles. The van der Waals surface area contributed by atoms with Crippen LogP contribution in [0.25, 0.3) is 10.9 Å². The van der Waals surface area contributed by atoms with Gasteiger partial charge in [0.15, 0.2) is 5.69 Å². The van der Waals surface area contributed by atoms with Gasteiger partial charge in [-0.15, -0.1) is 0 Å². The molecule has 0 spiro atoms. The summed E-state index contributed by atoms with van der Waals surface area (Å²) in [4.78, 5) is 26.9. The van der Waals surface area contributed by atoms with Gasteiger partial charge in [-0.05, 0) is 30.2 Å². The lowest BCUT2D eigenvalue weighted by Crippen LogP contribution is -2.60. The first-order valence-corrected chi connectivity index (χ1v) is 13.2. The standard InChI is InChI=1S/C27H37N11O/c1-17-15-38(16-21(29)25(17)33-6-7-34-30)24-4-5-32-14-23(24)36-27(39)26-20(28)12-18-2-3-19(13-22(18)35-26)37-10-8-31-9-11-37/h2-7,12-14,17,21,25,31,33-34H,8-11,15-16,28-30H2,1H3,(H,36,39)/b7-6-/t17-,21+,25-/m0/s1. The molecule has 10 N–H and O–H groups in total. The van der Waals surface area contributed by atoms with Crippen LogP contribution in [0.15, 0.2) is 55.1 Å². The summed E-state index contributed by atoms with van der Waals surface area (Å²) in [6.45, 7) is 7.21. The number of nitrogens with zero attached hydrogens (tertiary/aromatic N) is 4. The smallest absolute Gasteiger partial charge is 0.276 e. The zero-order valence-electron chi connectivity index (χ0n) is 22.1. The monoisotopic (exact) mass is 531 g/mol. The first kappa shape index (κ1) is 26.5. The van der Waals surface area contributed by atoms with Crippen molar-refractivity contribution >= 4 is 39.6 Å². The van der Waals surface area contributed by atoms with Gasteiger partial charge < -0.3 is 42.6 Å². The molecule has 4 heterocycles. The van der Waals surface area contributed by atoms with Crippen molar-refractivity contribution in [1.82, 2.24) is 26.0 Å². The Kier molecular flexibility index (Phi) is 7.96. The number of nitrogens with one attached hydrogen (secondary N) is 4. The second kappa shape index (κ2) is 11.7. The molecule has 0 bridgehead atoms. The molecule has 2 fully saturated rings. The van der Waals surface area contributed by atoms with Crippen LogP contribution >= 0.6 is 0 Å². The average Bonchev–Trinajstić information content (AvgIpc) is 2.94. The lowest BCUT2D eigenvalue weighted by atomic mass is 9.90. The largest absolute Gasteiger partial charge is 0.397 e. The highest BCUT2D eigenvalue weighted by molar-refractivity contribution is 6.09. The fourth-order valence-corrected chi connectivity index (χ4v) is 5.43. The van der Waals surface area contributed by atoms with Crippen LogP contribution < -0.4 is 48.5 Å². The maximum atomic E-state index is 13.5. The molecule has 3 aromatic rings. The van der Waals surface area contributed by atoms with E-state index in [-0.39, 0.29) is 29.6 Å². The number of rotatable bonds is 7. The molecule has 2 saturated heterocycles. The third-order valence-corrected chi connectivity index (χ3v) is 7.40. The molecule has 1 aromatic carbocycles. The number of amides is 1. The minimum atomic E-state index is -0.385. The first-order chi connectivity index (χ1) is 18.9. The zero-order chi connectivity index (χ0) is 27.4. The molecule has 5 rings (SSSR count). The Bertz CT molecular complexity index is 1330. The summed E-state index contributed by atoms with van der Waals surface area (Å²) in [7, 11) is 0. The Morgan fingerprint density at radius 1 is 1.13 bits per heavy atom. The van der Waals surface area contributed by atoms with Crippen LogP contribution in [0, 0.1) is 5.92 Å². The Morgan fingerprint density at radius 3 is 2.72 bits per heavy atom. The van der Waals surface area contributed by atoms with Crippen molar-refractivity contribution in [2.45, 2.75) is 19.0 Å². The highest BCUT2D eigenvalue weighted by Crippen LogP contribution is 2.30. The van der Waals surface area contributed by atoms with Gasteiger partial charge in [0.1, 0.15) is 0 Å². The number of hydrogen-bond acceptors (Lipinski definition) is 11. The molecule has 12 nitrogen and oxygen atoms in total. The minimum absolute atomic E-state index is 0.0819. The summed E-state index contributed by atoms with van der Waals surface area (Å²) in [6.07, 6.45) is 6.74. The van der Waals surface area contributed by atoms with Crippen LogP contribution in [0.1, 0.15) is 17.4 Å². The molecule has 206 valence electrons. The predicted octanol–water partition coefficient (Wildman–Crippen LogP) is 0.550. The van der Waals surface area contributed by atoms with E-state index in [1.165, 1.54) is 0 Å². The molecule has 39 heavy (non-hydrogen) atoms. The predicted molar refractivity (Wildman–Crippen MR) is 156 cm³/mol. The van der Waals surface area contributed by atoms with E-state index in [4.69, 9.17) is 17.3 Å². The fraction of sp³-hybridized carbons (Fsp3) is 0.370. The molecule has 1 amide bonds. The highest BCUT2D eigenvalue weighted by Gasteiger charge is 2.33. The van der Waals surface area contributed by atoms with Gasteiger partial charge in [0.2, 0.25) is 0 Å². The molecular weight excluding hydrogens is 494 g/mol. The van der Waals surface area contributed by atoms with Gasteiger partial charge in [0.05, 0.1) is 28.8 Å². The Balaban J connectivity index is 1.35. The number of nitrogens with two attached hydrogens (primary N) is 3. The Morgan fingerprint density at radius 2 is 1.95 bits per heavy atom. The molecule has 0 radical (unpaired) electrons. The maximum Gasteiger partial charge on any atom is 0.276 e. The van der Waals surface area contributed by atoms with Crippen molar-refractivity contribution in [3.8, 4) is 0 Å². The summed E-state index contributed by atoms with van der Waals surface area (Å²) < 4.78 is 0. The lowest BCUT2D eigenvalue weighted by Gasteiger charge is -2.42. The van der Waals surface area contributed by atoms with Gasteiger partial charge in [0.25, 0.3) is 5.91 Å². The van der Waals surface area contributed by atoms with Crippen LogP contribution in [0.4, 0.5) is 22.7 Å². The number of carbonyl (C=O) groups excluding carboxylic acids is 1. The number of anilines is 4. The van der Waals surface area contributed by atoms with E-state index in [9.17, 15) is 4.79 Å². The van der Waals surface area contributed by atoms with Crippen LogP contribution in [0.5, 0.6) is 0 Å². The van der Waals surface area contributed by atoms with Crippen molar-refractivity contribution in [2.75, 3.05) is 60.1 Å². The van der Waals surface area contributed by atoms with Crippen LogP contribution in [0.2, 0.25) is 0 Å². The van der Waals surface area contributed by atoms with E-state index < -0.39 is 0 Å². The molecule has 3 atom stereocenters. The van der Waals surface area contributed by atoms with Gasteiger partial charge >= 0.3 is 0 Å². The number of nitrogen functional groups attached to an aromatic ring is 1. The Labute approximate surface area is 228 Å². The van der Waals surface area contributed by atoms with Crippen molar-refractivity contribution in [3.05, 3.63) is 60.8 Å². The molecular formula is C27H37N11O. The number of hydrogen-bond donors (Lipinski definition) is 7. The number of hydrazine groups is 1. The van der Waals surface area contributed by atoms with E-state index in [1.54, 1.807) is 30.9 Å². The third-order valence-electron chi connectivity index (χ3n) is 7.40. The van der Waals surface area contributed by atoms with Gasteiger partial charge in [-0.1, -0.05) is 13.0 Å². The van der Waals surface area contributed by atoms with Crippen molar-refractivity contribution < 1.29 is 4.79 Å². The number of aromatic nitrogens is 2. The van der Waals surface area contributed by atoms with Crippen molar-refractivity contribution in [3.63, 3.8) is 0 Å². The second-order valence-electron chi connectivity index (χ2n) is 10.1. The van der Waals surface area contributed by atoms with Crippen LogP contribution in [0.3, 0.4) is 0 Å². The average molecular weight is 532 g/mol. The SMILES string of the molecule is C[C@H]1CN(c2ccncc2NC(=O)c2nc3cc(N4CCNCC4)ccc3cc2N)C[C@@H](N)[C@H]1N/C=C\NN. The van der Waals surface area contributed by atoms with E-state index in [0.29, 0.717) is 17.9 Å². The van der Waals surface area contributed by atoms with Crippen LogP contribution in [-0.2, 0) is 0 Å². The third kappa shape index (κ3) is 5.82. The summed E-state index contributed by atoms with van der Waals surface area (Å²) in [5, 5.41) is 10.6. The van der Waals surface area contributed by atoms with E-state index in [2.05, 4.69) is 54.1 Å². The molecule has 0 unspecified atom stereocenters. The summed E-state index contributed by atoms with van der Waals surface area (Å²) in [5.74, 6) is 5.16. The fourth-order valence-electron chi connectivity index (χ4n) is 5.43. The topological polar surface area (TPSA) is 176 Å². The number of piperidine rings is 1. The molecule has 12 heteroatoms. The quantitative estimate of drug-likeness (QED) is 0.167. The Hall–Kier alpha value is -4.13. The molecule has 2 aliphatic rings. The molecule has 2 aliphatic heterocycles. The molecule has 0 aliphatic carbocycles. The highest BCUT2D eigenvalue weighted by atomic mass is 16.1. The maximum absolute atomic E-state index is 13.5. The van der Waals surface area contributed by atoms with E-state index in [0.717, 1.165) is 55.0 Å². The number of carbonyl (C=O) groups is 1. The van der Waals surface area contributed by atoms with Crippen molar-refractivity contribution in [1.29, 1.82) is 0 Å². The number of piperazine rings is 1. The first-order valence-electron chi connectivity index (χ1n) is 13.2.